The van der Waals surface area contributed by atoms with Crippen molar-refractivity contribution in [3.63, 3.8) is 0 Å². The first-order valence-corrected chi connectivity index (χ1v) is 6.09. The van der Waals surface area contributed by atoms with Crippen LogP contribution in [0, 0.1) is 13.8 Å². The molecule has 0 bridgehead atoms. The average molecular weight is 211 g/mol. The lowest BCUT2D eigenvalue weighted by molar-refractivity contribution is 0.748. The third-order valence-electron chi connectivity index (χ3n) is 3.04. The molecule has 0 heterocycles. The third-order valence-corrected chi connectivity index (χ3v) is 3.04. The van der Waals surface area contributed by atoms with Crippen LogP contribution in [0.25, 0.3) is 10.8 Å². The smallest absolute Gasteiger partial charge is 0.0152 e. The number of rotatable bonds is 4. The summed E-state index contributed by atoms with van der Waals surface area (Å²) in [5.41, 5.74) is 2.85. The van der Waals surface area contributed by atoms with Crippen LogP contribution in [0.15, 0.2) is 36.4 Å². The van der Waals surface area contributed by atoms with E-state index in [1.807, 2.05) is 0 Å². The van der Waals surface area contributed by atoms with Crippen molar-refractivity contribution in [3.05, 3.63) is 54.4 Å². The molecule has 16 heavy (non-hydrogen) atoms. The summed E-state index contributed by atoms with van der Waals surface area (Å²) in [6.07, 6.45) is 4.70. The van der Waals surface area contributed by atoms with Gasteiger partial charge in [0.1, 0.15) is 0 Å². The molecule has 0 aliphatic heterocycles. The van der Waals surface area contributed by atoms with Crippen LogP contribution in [0.3, 0.4) is 0 Å². The van der Waals surface area contributed by atoms with Crippen LogP contribution in [0.5, 0.6) is 0 Å². The van der Waals surface area contributed by atoms with Crippen LogP contribution in [0.2, 0.25) is 0 Å². The Morgan fingerprint density at radius 1 is 1.06 bits per heavy atom. The first kappa shape index (κ1) is 11.2. The van der Waals surface area contributed by atoms with Crippen molar-refractivity contribution in [2.24, 2.45) is 0 Å². The number of benzene rings is 2. The molecule has 0 fully saturated rings. The minimum absolute atomic E-state index is 1.05. The lowest BCUT2D eigenvalue weighted by Gasteiger charge is -2.08. The lowest BCUT2D eigenvalue weighted by Crippen LogP contribution is -1.89. The van der Waals surface area contributed by atoms with Gasteiger partial charge in [-0.15, -0.1) is 0 Å². The fourth-order valence-corrected chi connectivity index (χ4v) is 2.25. The van der Waals surface area contributed by atoms with E-state index >= 15 is 0 Å². The van der Waals surface area contributed by atoms with E-state index in [0.717, 1.165) is 6.42 Å². The maximum atomic E-state index is 3.90. The molecule has 0 spiro atoms. The van der Waals surface area contributed by atoms with Gasteiger partial charge < -0.3 is 0 Å². The Bertz CT molecular complexity index is 468. The highest BCUT2D eigenvalue weighted by atomic mass is 14.1. The first-order valence-electron chi connectivity index (χ1n) is 6.09. The van der Waals surface area contributed by atoms with Gasteiger partial charge in [-0.3, -0.25) is 0 Å². The number of fused-ring (bicyclic) bond motifs is 1. The summed E-state index contributed by atoms with van der Waals surface area (Å²) in [6.45, 7) is 6.07. The summed E-state index contributed by atoms with van der Waals surface area (Å²) in [7, 11) is 0. The summed E-state index contributed by atoms with van der Waals surface area (Å²) >= 11 is 0. The zero-order valence-electron chi connectivity index (χ0n) is 10.00. The molecule has 0 aliphatic carbocycles. The van der Waals surface area contributed by atoms with Gasteiger partial charge >= 0.3 is 0 Å². The van der Waals surface area contributed by atoms with E-state index in [9.17, 15) is 0 Å². The Kier molecular flexibility index (Phi) is 3.61. The SMILES string of the molecule is [CH2]CCCCc1cc(C)cc2ccccc12. The summed E-state index contributed by atoms with van der Waals surface area (Å²) in [6, 6.07) is 13.3. The van der Waals surface area contributed by atoms with Crippen LogP contribution in [0.4, 0.5) is 0 Å². The summed E-state index contributed by atoms with van der Waals surface area (Å²) in [4.78, 5) is 0. The highest BCUT2D eigenvalue weighted by Crippen LogP contribution is 2.22. The Morgan fingerprint density at radius 3 is 2.69 bits per heavy atom. The first-order chi connectivity index (χ1) is 7.81. The molecule has 2 aromatic carbocycles. The molecule has 0 N–H and O–H groups in total. The monoisotopic (exact) mass is 211 g/mol. The predicted molar refractivity (Wildman–Crippen MR) is 71.6 cm³/mol. The van der Waals surface area contributed by atoms with Crippen LogP contribution in [-0.2, 0) is 6.42 Å². The van der Waals surface area contributed by atoms with Crippen LogP contribution in [-0.4, -0.2) is 0 Å². The maximum Gasteiger partial charge on any atom is -0.0152 e. The van der Waals surface area contributed by atoms with E-state index in [2.05, 4.69) is 50.2 Å². The van der Waals surface area contributed by atoms with Crippen molar-refractivity contribution in [2.45, 2.75) is 32.6 Å². The zero-order chi connectivity index (χ0) is 11.4. The number of hydrogen-bond acceptors (Lipinski definition) is 0. The molecule has 0 heteroatoms. The minimum Gasteiger partial charge on any atom is -0.0616 e. The second-order valence-corrected chi connectivity index (χ2v) is 4.46. The van der Waals surface area contributed by atoms with Crippen LogP contribution < -0.4 is 0 Å². The van der Waals surface area contributed by atoms with Gasteiger partial charge in [0, 0.05) is 0 Å². The molecule has 0 unspecified atom stereocenters. The second-order valence-electron chi connectivity index (χ2n) is 4.46. The largest absolute Gasteiger partial charge is 0.0616 e. The van der Waals surface area contributed by atoms with E-state index in [1.165, 1.54) is 41.2 Å². The summed E-state index contributed by atoms with van der Waals surface area (Å²) in [5, 5.41) is 2.78. The highest BCUT2D eigenvalue weighted by molar-refractivity contribution is 5.86. The van der Waals surface area contributed by atoms with Gasteiger partial charge in [-0.25, -0.2) is 0 Å². The average Bonchev–Trinajstić information content (AvgIpc) is 2.29. The molecule has 0 nitrogen and oxygen atoms in total. The number of hydrogen-bond donors (Lipinski definition) is 0. The maximum absolute atomic E-state index is 3.90. The van der Waals surface area contributed by atoms with Crippen molar-refractivity contribution in [1.82, 2.24) is 0 Å². The van der Waals surface area contributed by atoms with Crippen LogP contribution >= 0.6 is 0 Å². The molecular formula is C16H19. The van der Waals surface area contributed by atoms with Crippen LogP contribution in [0.1, 0.15) is 30.4 Å². The van der Waals surface area contributed by atoms with Crippen molar-refractivity contribution in [1.29, 1.82) is 0 Å². The molecule has 0 aromatic heterocycles. The minimum atomic E-state index is 1.05. The third kappa shape index (κ3) is 2.44. The van der Waals surface area contributed by atoms with Gasteiger partial charge in [0.05, 0.1) is 0 Å². The molecule has 83 valence electrons. The molecule has 0 aliphatic rings. The number of unbranched alkanes of at least 4 members (excludes halogenated alkanes) is 2. The van der Waals surface area contributed by atoms with Crippen molar-refractivity contribution in [2.75, 3.05) is 0 Å². The summed E-state index contributed by atoms with van der Waals surface area (Å²) in [5.74, 6) is 0. The molecule has 0 saturated carbocycles. The van der Waals surface area contributed by atoms with Gasteiger partial charge in [-0.05, 0) is 36.1 Å². The predicted octanol–water partition coefficient (Wildman–Crippen LogP) is 4.70. The summed E-state index contributed by atoms with van der Waals surface area (Å²) < 4.78 is 0. The van der Waals surface area contributed by atoms with Crippen molar-refractivity contribution < 1.29 is 0 Å². The van der Waals surface area contributed by atoms with Gasteiger partial charge in [0.2, 0.25) is 0 Å². The molecule has 0 saturated heterocycles. The van der Waals surface area contributed by atoms with E-state index in [-0.39, 0.29) is 0 Å². The molecule has 1 radical (unpaired) electrons. The Labute approximate surface area is 98.3 Å². The fraction of sp³-hybridized carbons (Fsp3) is 0.312. The Hall–Kier alpha value is -1.30. The molecule has 2 rings (SSSR count). The molecular weight excluding hydrogens is 192 g/mol. The normalized spacial score (nSPS) is 10.9. The van der Waals surface area contributed by atoms with E-state index in [4.69, 9.17) is 0 Å². The van der Waals surface area contributed by atoms with Gasteiger partial charge in [-0.1, -0.05) is 61.7 Å². The zero-order valence-corrected chi connectivity index (χ0v) is 10.00. The van der Waals surface area contributed by atoms with Crippen molar-refractivity contribution in [3.8, 4) is 0 Å². The van der Waals surface area contributed by atoms with E-state index in [0.29, 0.717) is 0 Å². The Balaban J connectivity index is 2.34. The van der Waals surface area contributed by atoms with Gasteiger partial charge in [-0.2, -0.15) is 0 Å². The van der Waals surface area contributed by atoms with E-state index < -0.39 is 0 Å². The fourth-order valence-electron chi connectivity index (χ4n) is 2.25. The van der Waals surface area contributed by atoms with Gasteiger partial charge in [0.25, 0.3) is 0 Å². The molecule has 0 atom stereocenters. The second kappa shape index (κ2) is 5.16. The highest BCUT2D eigenvalue weighted by Gasteiger charge is 2.01. The molecule has 2 aromatic rings. The molecule has 0 amide bonds. The standard InChI is InChI=1S/C16H19/c1-3-4-5-8-14-11-13(2)12-15-9-6-7-10-16(14)15/h6-7,9-12H,1,3-5,8H2,2H3. The van der Waals surface area contributed by atoms with Crippen molar-refractivity contribution >= 4 is 10.8 Å². The topological polar surface area (TPSA) is 0 Å². The van der Waals surface area contributed by atoms with Gasteiger partial charge in [0.15, 0.2) is 0 Å². The quantitative estimate of drug-likeness (QED) is 0.643. The Morgan fingerprint density at radius 2 is 1.88 bits per heavy atom. The van der Waals surface area contributed by atoms with E-state index in [1.54, 1.807) is 0 Å². The number of aryl methyl sites for hydroxylation is 2. The lowest BCUT2D eigenvalue weighted by atomic mass is 9.97.